The van der Waals surface area contributed by atoms with E-state index in [0.717, 1.165) is 17.5 Å². The van der Waals surface area contributed by atoms with Gasteiger partial charge in [-0.25, -0.2) is 0 Å². The largest absolute Gasteiger partial charge is 0.353 e. The number of anilines is 1. The van der Waals surface area contributed by atoms with Gasteiger partial charge in [0.25, 0.3) is 0 Å². The number of allylic oxidation sites excluding steroid dienone is 3. The van der Waals surface area contributed by atoms with Crippen molar-refractivity contribution in [2.24, 2.45) is 0 Å². The summed E-state index contributed by atoms with van der Waals surface area (Å²) in [5, 5.41) is 3.72. The molecule has 1 N–H and O–H groups in total. The molecule has 0 saturated heterocycles. The van der Waals surface area contributed by atoms with E-state index in [2.05, 4.69) is 18.5 Å². The Bertz CT molecular complexity index is 506. The lowest BCUT2D eigenvalue weighted by atomic mass is 10.1. The summed E-state index contributed by atoms with van der Waals surface area (Å²) in [5.41, 5.74) is 2.10. The topological polar surface area (TPSA) is 29.1 Å². The molecule has 0 aromatic heterocycles. The van der Waals surface area contributed by atoms with E-state index in [-0.39, 0.29) is 5.03 Å². The molecule has 0 heterocycles. The maximum atomic E-state index is 10.6. The molecule has 0 saturated carbocycles. The van der Waals surface area contributed by atoms with Crippen LogP contribution in [0.2, 0.25) is 0 Å². The van der Waals surface area contributed by atoms with Crippen molar-refractivity contribution in [3.8, 4) is 0 Å². The highest BCUT2D eigenvalue weighted by atomic mass is 35.5. The summed E-state index contributed by atoms with van der Waals surface area (Å²) < 4.78 is 0. The van der Waals surface area contributed by atoms with Crippen molar-refractivity contribution in [1.82, 2.24) is 0 Å². The lowest BCUT2D eigenvalue weighted by molar-refractivity contribution is -0.107. The van der Waals surface area contributed by atoms with Gasteiger partial charge >= 0.3 is 0 Å². The molecule has 0 aliphatic heterocycles. The van der Waals surface area contributed by atoms with E-state index in [4.69, 9.17) is 23.2 Å². The summed E-state index contributed by atoms with van der Waals surface area (Å²) in [6.45, 7) is 7.22. The number of halogens is 2. The van der Waals surface area contributed by atoms with Gasteiger partial charge in [0.2, 0.25) is 0 Å². The van der Waals surface area contributed by atoms with Crippen LogP contribution < -0.4 is 5.32 Å². The quantitative estimate of drug-likeness (QED) is 0.625. The molecule has 0 radical (unpaired) electrons. The first-order chi connectivity index (χ1) is 8.60. The predicted molar refractivity (Wildman–Crippen MR) is 77.9 cm³/mol. The van der Waals surface area contributed by atoms with Crippen LogP contribution in [0.5, 0.6) is 0 Å². The van der Waals surface area contributed by atoms with Crippen LogP contribution in [0.1, 0.15) is 5.56 Å². The van der Waals surface area contributed by atoms with E-state index in [1.54, 1.807) is 0 Å². The molecule has 0 aliphatic rings. The summed E-state index contributed by atoms with van der Waals surface area (Å²) in [5.74, 6) is 0. The normalized spacial score (nSPS) is 11.4. The molecule has 1 rings (SSSR count). The molecule has 0 aliphatic carbocycles. The third kappa shape index (κ3) is 3.76. The van der Waals surface area contributed by atoms with Gasteiger partial charge in [0.15, 0.2) is 0 Å². The molecule has 1 aromatic carbocycles. The zero-order chi connectivity index (χ0) is 13.5. The van der Waals surface area contributed by atoms with E-state index in [1.807, 2.05) is 24.3 Å². The molecule has 1 aromatic rings. The van der Waals surface area contributed by atoms with Gasteiger partial charge in [-0.15, -0.1) is 0 Å². The lowest BCUT2D eigenvalue weighted by Crippen LogP contribution is -2.04. The van der Waals surface area contributed by atoms with Crippen molar-refractivity contribution in [1.29, 1.82) is 0 Å². The molecule has 18 heavy (non-hydrogen) atoms. The van der Waals surface area contributed by atoms with Crippen molar-refractivity contribution in [3.63, 3.8) is 0 Å². The number of rotatable bonds is 6. The summed E-state index contributed by atoms with van der Waals surface area (Å²) in [6, 6.07) is 7.41. The Morgan fingerprint density at radius 1 is 1.33 bits per heavy atom. The number of nitrogens with one attached hydrogen (secondary N) is 1. The second-order valence-corrected chi connectivity index (χ2v) is 4.35. The molecule has 0 amide bonds. The number of hydrogen-bond donors (Lipinski definition) is 1. The van der Waals surface area contributed by atoms with Gasteiger partial charge in [0.1, 0.15) is 6.29 Å². The second-order valence-electron chi connectivity index (χ2n) is 3.48. The van der Waals surface area contributed by atoms with Crippen LogP contribution >= 0.6 is 23.2 Å². The van der Waals surface area contributed by atoms with Crippen molar-refractivity contribution in [3.05, 3.63) is 64.8 Å². The van der Waals surface area contributed by atoms with Crippen molar-refractivity contribution in [2.45, 2.75) is 6.42 Å². The Labute approximate surface area is 117 Å². The number of benzene rings is 1. The maximum Gasteiger partial charge on any atom is 0.124 e. The van der Waals surface area contributed by atoms with Gasteiger partial charge in [-0.3, -0.25) is 0 Å². The smallest absolute Gasteiger partial charge is 0.124 e. The molecule has 0 atom stereocenters. The maximum absolute atomic E-state index is 10.6. The number of aldehydes is 1. The molecule has 0 bridgehead atoms. The first-order valence-electron chi connectivity index (χ1n) is 5.25. The summed E-state index contributed by atoms with van der Waals surface area (Å²) >= 11 is 11.9. The van der Waals surface area contributed by atoms with Crippen molar-refractivity contribution >= 4 is 35.2 Å². The standard InChI is InChI=1S/C14H13Cl2NO/c1-3-12(16)14(10(2)15)17-13-7-5-4-6-11(13)8-9-18/h3-7,9,17H,1-2,8H2/b14-12-. The summed E-state index contributed by atoms with van der Waals surface area (Å²) in [7, 11) is 0. The fraction of sp³-hybridized carbons (Fsp3) is 0.0714. The fourth-order valence-corrected chi connectivity index (χ4v) is 1.76. The molecular weight excluding hydrogens is 269 g/mol. The van der Waals surface area contributed by atoms with Crippen LogP contribution in [0.4, 0.5) is 5.69 Å². The summed E-state index contributed by atoms with van der Waals surface area (Å²) in [4.78, 5) is 10.6. The van der Waals surface area contributed by atoms with E-state index < -0.39 is 0 Å². The van der Waals surface area contributed by atoms with Gasteiger partial charge < -0.3 is 10.1 Å². The van der Waals surface area contributed by atoms with Crippen LogP contribution in [0, 0.1) is 0 Å². The van der Waals surface area contributed by atoms with Gasteiger partial charge in [-0.2, -0.15) is 0 Å². The SMILES string of the molecule is C=C/C(Cl)=C(/Nc1ccccc1CC=O)C(=C)Cl. The highest BCUT2D eigenvalue weighted by Gasteiger charge is 2.08. The van der Waals surface area contributed by atoms with Gasteiger partial charge in [0, 0.05) is 12.1 Å². The minimum atomic E-state index is 0.279. The average molecular weight is 282 g/mol. The Kier molecular flexibility index (Phi) is 5.69. The average Bonchev–Trinajstić information content (AvgIpc) is 2.36. The van der Waals surface area contributed by atoms with Crippen molar-refractivity contribution in [2.75, 3.05) is 5.32 Å². The van der Waals surface area contributed by atoms with Crippen LogP contribution in [-0.4, -0.2) is 6.29 Å². The highest BCUT2D eigenvalue weighted by molar-refractivity contribution is 6.36. The molecule has 0 unspecified atom stereocenters. The van der Waals surface area contributed by atoms with E-state index in [9.17, 15) is 4.79 Å². The first-order valence-corrected chi connectivity index (χ1v) is 6.01. The van der Waals surface area contributed by atoms with Gasteiger partial charge in [-0.05, 0) is 17.7 Å². The third-order valence-corrected chi connectivity index (χ3v) is 2.80. The molecule has 2 nitrogen and oxygen atoms in total. The molecule has 0 spiro atoms. The number of para-hydroxylation sites is 1. The zero-order valence-electron chi connectivity index (χ0n) is 9.75. The van der Waals surface area contributed by atoms with Crippen molar-refractivity contribution < 1.29 is 4.79 Å². The highest BCUT2D eigenvalue weighted by Crippen LogP contribution is 2.25. The Morgan fingerprint density at radius 2 is 2.00 bits per heavy atom. The van der Waals surface area contributed by atoms with E-state index in [1.165, 1.54) is 6.08 Å². The molecule has 94 valence electrons. The molecule has 0 fully saturated rings. The summed E-state index contributed by atoms with van der Waals surface area (Å²) in [6.07, 6.45) is 2.63. The number of hydrogen-bond acceptors (Lipinski definition) is 2. The first kappa shape index (κ1) is 14.6. The van der Waals surface area contributed by atoms with Crippen LogP contribution in [-0.2, 0) is 11.2 Å². The zero-order valence-corrected chi connectivity index (χ0v) is 11.3. The number of carbonyl (C=O) groups is 1. The third-order valence-electron chi connectivity index (χ3n) is 2.27. The molecular formula is C14H13Cl2NO. The predicted octanol–water partition coefficient (Wildman–Crippen LogP) is 4.23. The fourth-order valence-electron chi connectivity index (χ4n) is 1.40. The van der Waals surface area contributed by atoms with E-state index >= 15 is 0 Å². The Hall–Kier alpha value is -1.51. The van der Waals surface area contributed by atoms with Crippen LogP contribution in [0.15, 0.2) is 59.3 Å². The monoisotopic (exact) mass is 281 g/mol. The molecule has 4 heteroatoms. The number of carbonyl (C=O) groups excluding carboxylic acids is 1. The minimum Gasteiger partial charge on any atom is -0.353 e. The van der Waals surface area contributed by atoms with Crippen LogP contribution in [0.3, 0.4) is 0 Å². The van der Waals surface area contributed by atoms with E-state index in [0.29, 0.717) is 17.2 Å². The lowest BCUT2D eigenvalue weighted by Gasteiger charge is -2.13. The second kappa shape index (κ2) is 7.04. The Balaban J connectivity index is 3.12. The minimum absolute atomic E-state index is 0.279. The van der Waals surface area contributed by atoms with Gasteiger partial charge in [-0.1, -0.05) is 54.6 Å². The van der Waals surface area contributed by atoms with Gasteiger partial charge in [0.05, 0.1) is 15.8 Å². The van der Waals surface area contributed by atoms with Crippen LogP contribution in [0.25, 0.3) is 0 Å². The Morgan fingerprint density at radius 3 is 2.56 bits per heavy atom.